The first kappa shape index (κ1) is 16.0. The van der Waals surface area contributed by atoms with Gasteiger partial charge in [-0.1, -0.05) is 57.8 Å². The summed E-state index contributed by atoms with van der Waals surface area (Å²) >= 11 is 0. The second-order valence-corrected chi connectivity index (χ2v) is 6.05. The minimum absolute atomic E-state index is 0.163. The van der Waals surface area contributed by atoms with Gasteiger partial charge in [-0.25, -0.2) is 0 Å². The van der Waals surface area contributed by atoms with Crippen molar-refractivity contribution in [2.45, 2.75) is 96.1 Å². The summed E-state index contributed by atoms with van der Waals surface area (Å²) in [5.41, 5.74) is 0. The van der Waals surface area contributed by atoms with Gasteiger partial charge in [0.2, 0.25) is 0 Å². The predicted molar refractivity (Wildman–Crippen MR) is 78.9 cm³/mol. The molecule has 1 rings (SSSR count). The van der Waals surface area contributed by atoms with Crippen molar-refractivity contribution >= 4 is 0 Å². The van der Waals surface area contributed by atoms with Gasteiger partial charge in [0.15, 0.2) is 0 Å². The van der Waals surface area contributed by atoms with Crippen molar-refractivity contribution in [3.63, 3.8) is 0 Å². The standard InChI is InChI=1S/C16H33NO/c1-15(18)13-14-17-16-11-9-7-5-3-2-4-6-8-10-12-16/h15-18H,2-14H2,1H3. The Morgan fingerprint density at radius 2 is 1.33 bits per heavy atom. The zero-order valence-corrected chi connectivity index (χ0v) is 12.3. The van der Waals surface area contributed by atoms with E-state index in [1.54, 1.807) is 0 Å². The van der Waals surface area contributed by atoms with Gasteiger partial charge in [0, 0.05) is 6.04 Å². The fourth-order valence-corrected chi connectivity index (χ4v) is 2.86. The maximum absolute atomic E-state index is 9.29. The number of aliphatic hydroxyl groups is 1. The van der Waals surface area contributed by atoms with E-state index in [-0.39, 0.29) is 6.10 Å². The zero-order chi connectivity index (χ0) is 13.1. The highest BCUT2D eigenvalue weighted by Crippen LogP contribution is 2.16. The van der Waals surface area contributed by atoms with Crippen LogP contribution in [0.25, 0.3) is 0 Å². The first-order chi connectivity index (χ1) is 8.79. The lowest BCUT2D eigenvalue weighted by Crippen LogP contribution is -2.31. The molecule has 0 radical (unpaired) electrons. The zero-order valence-electron chi connectivity index (χ0n) is 12.3. The molecule has 0 aromatic heterocycles. The average molecular weight is 255 g/mol. The predicted octanol–water partition coefficient (Wildman–Crippen LogP) is 4.02. The third kappa shape index (κ3) is 8.93. The normalized spacial score (nSPS) is 23.0. The highest BCUT2D eigenvalue weighted by molar-refractivity contribution is 4.68. The molecule has 0 aromatic carbocycles. The number of rotatable bonds is 4. The lowest BCUT2D eigenvalue weighted by Gasteiger charge is -2.20. The van der Waals surface area contributed by atoms with Crippen LogP contribution < -0.4 is 5.32 Å². The van der Waals surface area contributed by atoms with Crippen molar-refractivity contribution in [3.8, 4) is 0 Å². The molecule has 1 atom stereocenters. The second-order valence-electron chi connectivity index (χ2n) is 6.05. The molecule has 1 saturated carbocycles. The minimum Gasteiger partial charge on any atom is -0.393 e. The minimum atomic E-state index is -0.163. The number of hydrogen-bond acceptors (Lipinski definition) is 2. The first-order valence-corrected chi connectivity index (χ1v) is 8.20. The van der Waals surface area contributed by atoms with Crippen LogP contribution in [0.4, 0.5) is 0 Å². The van der Waals surface area contributed by atoms with Crippen LogP contribution in [0.2, 0.25) is 0 Å². The molecule has 1 fully saturated rings. The molecular formula is C16H33NO. The fraction of sp³-hybridized carbons (Fsp3) is 1.00. The van der Waals surface area contributed by atoms with Gasteiger partial charge in [-0.2, -0.15) is 0 Å². The molecule has 0 aromatic rings. The van der Waals surface area contributed by atoms with E-state index in [1.165, 1.54) is 70.6 Å². The molecule has 0 amide bonds. The van der Waals surface area contributed by atoms with Crippen molar-refractivity contribution in [1.29, 1.82) is 0 Å². The average Bonchev–Trinajstić information content (AvgIpc) is 2.31. The van der Waals surface area contributed by atoms with Crippen molar-refractivity contribution in [2.24, 2.45) is 0 Å². The third-order valence-electron chi connectivity index (χ3n) is 4.10. The Labute approximate surface area is 114 Å². The molecule has 0 aliphatic heterocycles. The van der Waals surface area contributed by atoms with Crippen molar-refractivity contribution in [3.05, 3.63) is 0 Å². The molecule has 2 heteroatoms. The summed E-state index contributed by atoms with van der Waals surface area (Å²) in [5.74, 6) is 0. The van der Waals surface area contributed by atoms with Crippen LogP contribution in [0.3, 0.4) is 0 Å². The highest BCUT2D eigenvalue weighted by Gasteiger charge is 2.09. The lowest BCUT2D eigenvalue weighted by atomic mass is 9.98. The Bertz CT molecular complexity index is 170. The molecule has 108 valence electrons. The van der Waals surface area contributed by atoms with Crippen LogP contribution >= 0.6 is 0 Å². The Morgan fingerprint density at radius 1 is 0.889 bits per heavy atom. The number of aliphatic hydroxyl groups excluding tert-OH is 1. The van der Waals surface area contributed by atoms with E-state index in [1.807, 2.05) is 6.92 Å². The van der Waals surface area contributed by atoms with E-state index >= 15 is 0 Å². The molecular weight excluding hydrogens is 222 g/mol. The van der Waals surface area contributed by atoms with Crippen molar-refractivity contribution in [2.75, 3.05) is 6.54 Å². The smallest absolute Gasteiger partial charge is 0.0524 e. The van der Waals surface area contributed by atoms with E-state index in [0.29, 0.717) is 6.04 Å². The summed E-state index contributed by atoms with van der Waals surface area (Å²) in [6.07, 6.45) is 16.2. The van der Waals surface area contributed by atoms with E-state index in [2.05, 4.69) is 5.32 Å². The van der Waals surface area contributed by atoms with Gasteiger partial charge in [-0.15, -0.1) is 0 Å². The van der Waals surface area contributed by atoms with Gasteiger partial charge in [-0.3, -0.25) is 0 Å². The summed E-state index contributed by atoms with van der Waals surface area (Å²) in [5, 5.41) is 12.9. The van der Waals surface area contributed by atoms with Gasteiger partial charge in [-0.05, 0) is 32.7 Å². The Kier molecular flexibility index (Phi) is 9.59. The molecule has 1 unspecified atom stereocenters. The van der Waals surface area contributed by atoms with Crippen LogP contribution in [0.5, 0.6) is 0 Å². The monoisotopic (exact) mass is 255 g/mol. The maximum atomic E-state index is 9.29. The Morgan fingerprint density at radius 3 is 1.78 bits per heavy atom. The molecule has 1 aliphatic rings. The Hall–Kier alpha value is -0.0800. The Balaban J connectivity index is 2.18. The van der Waals surface area contributed by atoms with Crippen LogP contribution in [0.15, 0.2) is 0 Å². The maximum Gasteiger partial charge on any atom is 0.0524 e. The molecule has 0 bridgehead atoms. The number of hydrogen-bond donors (Lipinski definition) is 2. The van der Waals surface area contributed by atoms with E-state index < -0.39 is 0 Å². The van der Waals surface area contributed by atoms with Gasteiger partial charge in [0.25, 0.3) is 0 Å². The summed E-state index contributed by atoms with van der Waals surface area (Å²) < 4.78 is 0. The van der Waals surface area contributed by atoms with E-state index in [4.69, 9.17) is 0 Å². The molecule has 18 heavy (non-hydrogen) atoms. The SMILES string of the molecule is CC(O)CCNC1CCCCCCCCCCC1. The molecule has 1 aliphatic carbocycles. The van der Waals surface area contributed by atoms with Gasteiger partial charge >= 0.3 is 0 Å². The second kappa shape index (κ2) is 10.8. The quantitative estimate of drug-likeness (QED) is 0.795. The van der Waals surface area contributed by atoms with Crippen LogP contribution in [0.1, 0.15) is 84.0 Å². The first-order valence-electron chi connectivity index (χ1n) is 8.20. The molecule has 0 heterocycles. The number of nitrogens with one attached hydrogen (secondary N) is 1. The topological polar surface area (TPSA) is 32.3 Å². The molecule has 0 saturated heterocycles. The fourth-order valence-electron chi connectivity index (χ4n) is 2.86. The summed E-state index contributed by atoms with van der Waals surface area (Å²) in [6, 6.07) is 0.697. The van der Waals surface area contributed by atoms with Gasteiger partial charge < -0.3 is 10.4 Å². The lowest BCUT2D eigenvalue weighted by molar-refractivity contribution is 0.181. The van der Waals surface area contributed by atoms with E-state index in [9.17, 15) is 5.11 Å². The molecule has 0 spiro atoms. The summed E-state index contributed by atoms with van der Waals surface area (Å²) in [4.78, 5) is 0. The molecule has 2 N–H and O–H groups in total. The van der Waals surface area contributed by atoms with E-state index in [0.717, 1.165) is 13.0 Å². The van der Waals surface area contributed by atoms with Crippen LogP contribution in [-0.2, 0) is 0 Å². The highest BCUT2D eigenvalue weighted by atomic mass is 16.3. The van der Waals surface area contributed by atoms with Gasteiger partial charge in [0.05, 0.1) is 6.10 Å². The molecule has 2 nitrogen and oxygen atoms in total. The van der Waals surface area contributed by atoms with Crippen molar-refractivity contribution in [1.82, 2.24) is 5.32 Å². The third-order valence-corrected chi connectivity index (χ3v) is 4.10. The van der Waals surface area contributed by atoms with Crippen molar-refractivity contribution < 1.29 is 5.11 Å². The van der Waals surface area contributed by atoms with Crippen LogP contribution in [-0.4, -0.2) is 23.8 Å². The summed E-state index contributed by atoms with van der Waals surface area (Å²) in [6.45, 7) is 2.85. The van der Waals surface area contributed by atoms with Gasteiger partial charge in [0.1, 0.15) is 0 Å². The largest absolute Gasteiger partial charge is 0.393 e. The summed E-state index contributed by atoms with van der Waals surface area (Å²) in [7, 11) is 0. The van der Waals surface area contributed by atoms with Crippen LogP contribution in [0, 0.1) is 0 Å².